The third-order valence-electron chi connectivity index (χ3n) is 5.26. The molecule has 0 aliphatic heterocycles. The van der Waals surface area contributed by atoms with Crippen molar-refractivity contribution in [3.8, 4) is 5.75 Å². The van der Waals surface area contributed by atoms with Gasteiger partial charge in [-0.2, -0.15) is 0 Å². The Kier molecular flexibility index (Phi) is 7.76. The Hall–Kier alpha value is -2.77. The standard InChI is InChI=1S/C24H29N3O3S/c1-16-20(17(2)30-26-16)15-31-23-13-9-7-11-19(23)24(28)25-14-21(27(3)4)18-10-6-8-12-22(18)29-5/h6-13,21H,14-15H2,1-5H3,(H,25,28). The summed E-state index contributed by atoms with van der Waals surface area (Å²) >= 11 is 1.61. The first kappa shape index (κ1) is 22.9. The van der Waals surface area contributed by atoms with Crippen LogP contribution in [0.5, 0.6) is 5.75 Å². The van der Waals surface area contributed by atoms with E-state index in [1.807, 2.05) is 76.5 Å². The molecule has 0 saturated carbocycles. The van der Waals surface area contributed by atoms with Gasteiger partial charge in [0.25, 0.3) is 5.91 Å². The number of nitrogens with one attached hydrogen (secondary N) is 1. The average molecular weight is 440 g/mol. The van der Waals surface area contributed by atoms with Crippen LogP contribution in [0.4, 0.5) is 0 Å². The van der Waals surface area contributed by atoms with Crippen LogP contribution < -0.4 is 10.1 Å². The Morgan fingerprint density at radius 1 is 1.16 bits per heavy atom. The molecule has 0 saturated heterocycles. The number of aryl methyl sites for hydroxylation is 2. The number of hydrogen-bond acceptors (Lipinski definition) is 6. The monoisotopic (exact) mass is 439 g/mol. The van der Waals surface area contributed by atoms with Gasteiger partial charge in [0.15, 0.2) is 0 Å². The smallest absolute Gasteiger partial charge is 0.252 e. The molecule has 3 aromatic rings. The molecule has 0 bridgehead atoms. The highest BCUT2D eigenvalue weighted by Gasteiger charge is 2.20. The molecule has 1 atom stereocenters. The molecule has 164 valence electrons. The largest absolute Gasteiger partial charge is 0.496 e. The van der Waals surface area contributed by atoms with Crippen molar-refractivity contribution in [3.05, 3.63) is 76.7 Å². The van der Waals surface area contributed by atoms with E-state index in [0.717, 1.165) is 33.2 Å². The number of benzene rings is 2. The number of likely N-dealkylation sites (N-methyl/N-ethyl adjacent to an activating group) is 1. The fourth-order valence-corrected chi connectivity index (χ4v) is 4.64. The van der Waals surface area contributed by atoms with Crippen LogP contribution in [-0.2, 0) is 5.75 Å². The first-order chi connectivity index (χ1) is 14.9. The second kappa shape index (κ2) is 10.5. The molecule has 1 N–H and O–H groups in total. The lowest BCUT2D eigenvalue weighted by atomic mass is 10.0. The van der Waals surface area contributed by atoms with Gasteiger partial charge in [-0.3, -0.25) is 4.79 Å². The molecule has 0 fully saturated rings. The van der Waals surface area contributed by atoms with Gasteiger partial charge in [-0.05, 0) is 46.1 Å². The molecule has 31 heavy (non-hydrogen) atoms. The Bertz CT molecular complexity index is 1010. The van der Waals surface area contributed by atoms with Crippen molar-refractivity contribution in [2.45, 2.75) is 30.5 Å². The molecule has 1 heterocycles. The zero-order chi connectivity index (χ0) is 22.4. The third-order valence-corrected chi connectivity index (χ3v) is 6.36. The average Bonchev–Trinajstić information content (AvgIpc) is 3.09. The van der Waals surface area contributed by atoms with Crippen molar-refractivity contribution in [1.82, 2.24) is 15.4 Å². The van der Waals surface area contributed by atoms with Crippen molar-refractivity contribution in [2.24, 2.45) is 0 Å². The number of methoxy groups -OCH3 is 1. The SMILES string of the molecule is COc1ccccc1C(CNC(=O)c1ccccc1SCc1c(C)noc1C)N(C)C. The summed E-state index contributed by atoms with van der Waals surface area (Å²) in [4.78, 5) is 16.1. The lowest BCUT2D eigenvalue weighted by Crippen LogP contribution is -2.35. The summed E-state index contributed by atoms with van der Waals surface area (Å²) in [5, 5.41) is 7.12. The van der Waals surface area contributed by atoms with Gasteiger partial charge in [0, 0.05) is 28.3 Å². The summed E-state index contributed by atoms with van der Waals surface area (Å²) in [6, 6.07) is 15.6. The molecule has 0 radical (unpaired) electrons. The highest BCUT2D eigenvalue weighted by molar-refractivity contribution is 7.98. The second-order valence-corrected chi connectivity index (χ2v) is 8.54. The van der Waals surface area contributed by atoms with E-state index in [1.165, 1.54) is 0 Å². The van der Waals surface area contributed by atoms with Crippen molar-refractivity contribution < 1.29 is 14.1 Å². The highest BCUT2D eigenvalue weighted by atomic mass is 32.2. The van der Waals surface area contributed by atoms with Crippen LogP contribution in [0, 0.1) is 13.8 Å². The second-order valence-electron chi connectivity index (χ2n) is 7.52. The van der Waals surface area contributed by atoms with E-state index in [0.29, 0.717) is 17.9 Å². The van der Waals surface area contributed by atoms with Crippen molar-refractivity contribution >= 4 is 17.7 Å². The summed E-state index contributed by atoms with van der Waals surface area (Å²) < 4.78 is 10.8. The minimum atomic E-state index is -0.0939. The molecule has 6 nitrogen and oxygen atoms in total. The van der Waals surface area contributed by atoms with Crippen LogP contribution in [-0.4, -0.2) is 43.7 Å². The molecule has 1 amide bonds. The Morgan fingerprint density at radius 3 is 2.55 bits per heavy atom. The number of amides is 1. The maximum absolute atomic E-state index is 13.1. The van der Waals surface area contributed by atoms with Gasteiger partial charge in [-0.15, -0.1) is 11.8 Å². The van der Waals surface area contributed by atoms with E-state index < -0.39 is 0 Å². The summed E-state index contributed by atoms with van der Waals surface area (Å²) in [7, 11) is 5.66. The van der Waals surface area contributed by atoms with Crippen LogP contribution in [0.1, 0.15) is 39.0 Å². The van der Waals surface area contributed by atoms with Crippen LogP contribution in [0.2, 0.25) is 0 Å². The first-order valence-corrected chi connectivity index (χ1v) is 11.1. The lowest BCUT2D eigenvalue weighted by Gasteiger charge is -2.26. The zero-order valence-electron chi connectivity index (χ0n) is 18.6. The molecule has 0 aliphatic rings. The van der Waals surface area contributed by atoms with E-state index in [1.54, 1.807) is 18.9 Å². The van der Waals surface area contributed by atoms with Crippen molar-refractivity contribution in [2.75, 3.05) is 27.7 Å². The van der Waals surface area contributed by atoms with Gasteiger partial charge in [0.05, 0.1) is 24.4 Å². The van der Waals surface area contributed by atoms with Crippen molar-refractivity contribution in [3.63, 3.8) is 0 Å². The predicted molar refractivity (Wildman–Crippen MR) is 124 cm³/mol. The molecule has 1 aromatic heterocycles. The number of para-hydroxylation sites is 1. The topological polar surface area (TPSA) is 67.6 Å². The van der Waals surface area contributed by atoms with Crippen LogP contribution in [0.3, 0.4) is 0 Å². The normalized spacial score (nSPS) is 12.1. The van der Waals surface area contributed by atoms with Gasteiger partial charge in [0.1, 0.15) is 11.5 Å². The molecule has 1 unspecified atom stereocenters. The summed E-state index contributed by atoms with van der Waals surface area (Å²) in [6.07, 6.45) is 0. The van der Waals surface area contributed by atoms with Crippen LogP contribution >= 0.6 is 11.8 Å². The first-order valence-electron chi connectivity index (χ1n) is 10.1. The molecule has 0 spiro atoms. The van der Waals surface area contributed by atoms with E-state index in [2.05, 4.69) is 15.4 Å². The quantitative estimate of drug-likeness (QED) is 0.491. The predicted octanol–water partition coefficient (Wildman–Crippen LogP) is 4.63. The van der Waals surface area contributed by atoms with Gasteiger partial charge in [-0.25, -0.2) is 0 Å². The maximum atomic E-state index is 13.1. The van der Waals surface area contributed by atoms with Crippen LogP contribution in [0.25, 0.3) is 0 Å². The molecule has 3 rings (SSSR count). The summed E-state index contributed by atoms with van der Waals surface area (Å²) in [5.74, 6) is 2.24. The molecule has 2 aromatic carbocycles. The number of aromatic nitrogens is 1. The highest BCUT2D eigenvalue weighted by Crippen LogP contribution is 2.30. The Labute approximate surface area is 188 Å². The van der Waals surface area contributed by atoms with E-state index in [-0.39, 0.29) is 11.9 Å². The zero-order valence-corrected chi connectivity index (χ0v) is 19.5. The fourth-order valence-electron chi connectivity index (χ4n) is 3.43. The number of carbonyl (C=O) groups excluding carboxylic acids is 1. The van der Waals surface area contributed by atoms with E-state index in [9.17, 15) is 4.79 Å². The molecule has 0 aliphatic carbocycles. The van der Waals surface area contributed by atoms with Crippen LogP contribution in [0.15, 0.2) is 57.9 Å². The van der Waals surface area contributed by atoms with Crippen molar-refractivity contribution in [1.29, 1.82) is 0 Å². The summed E-state index contributed by atoms with van der Waals surface area (Å²) in [6.45, 7) is 4.31. The van der Waals surface area contributed by atoms with E-state index in [4.69, 9.17) is 9.26 Å². The van der Waals surface area contributed by atoms with Gasteiger partial charge in [-0.1, -0.05) is 35.5 Å². The third kappa shape index (κ3) is 5.48. The van der Waals surface area contributed by atoms with Gasteiger partial charge < -0.3 is 19.5 Å². The Balaban J connectivity index is 1.73. The lowest BCUT2D eigenvalue weighted by molar-refractivity contribution is 0.0938. The number of thioether (sulfide) groups is 1. The van der Waals surface area contributed by atoms with Gasteiger partial charge in [0.2, 0.25) is 0 Å². The Morgan fingerprint density at radius 2 is 1.87 bits per heavy atom. The number of carbonyl (C=O) groups is 1. The maximum Gasteiger partial charge on any atom is 0.252 e. The number of rotatable bonds is 9. The fraction of sp³-hybridized carbons (Fsp3) is 0.333. The number of nitrogens with zero attached hydrogens (tertiary/aromatic N) is 2. The van der Waals surface area contributed by atoms with E-state index >= 15 is 0 Å². The van der Waals surface area contributed by atoms with Gasteiger partial charge >= 0.3 is 0 Å². The molecular weight excluding hydrogens is 410 g/mol. The number of ether oxygens (including phenoxy) is 1. The minimum absolute atomic E-state index is 0.0118. The number of hydrogen-bond donors (Lipinski definition) is 1. The summed E-state index contributed by atoms with van der Waals surface area (Å²) in [5.41, 5.74) is 3.66. The molecular formula is C24H29N3O3S. The minimum Gasteiger partial charge on any atom is -0.496 e. The molecule has 7 heteroatoms.